The molecule has 17 heavy (non-hydrogen) atoms. The Balaban J connectivity index is -0.000000218. The standard InChI is InChI=1S/2C6H12O2.Sn/c2*1-3-5(4-2)6(7)8;/h2*5H,3-4H2,1-2H3,(H,7,8);/q;;+2/p-2. The first-order chi connectivity index (χ1) is 7.44. The van der Waals surface area contributed by atoms with Crippen LogP contribution in [0.25, 0.3) is 0 Å². The van der Waals surface area contributed by atoms with Gasteiger partial charge in [-0.3, -0.25) is 0 Å². The molecule has 0 spiro atoms. The van der Waals surface area contributed by atoms with Gasteiger partial charge in [0.2, 0.25) is 0 Å². The molecular weight excluding hydrogens is 327 g/mol. The van der Waals surface area contributed by atoms with E-state index in [1.54, 1.807) is 0 Å². The number of aliphatic carboxylic acids is 2. The molecule has 0 rings (SSSR count). The van der Waals surface area contributed by atoms with E-state index in [1.807, 2.05) is 27.7 Å². The van der Waals surface area contributed by atoms with Gasteiger partial charge >= 0.3 is 23.9 Å². The van der Waals surface area contributed by atoms with Crippen molar-refractivity contribution < 1.29 is 19.8 Å². The molecule has 0 N–H and O–H groups in total. The van der Waals surface area contributed by atoms with Crippen LogP contribution in [0.3, 0.4) is 0 Å². The van der Waals surface area contributed by atoms with Crippen molar-refractivity contribution in [1.29, 1.82) is 0 Å². The van der Waals surface area contributed by atoms with Crippen LogP contribution in [0.1, 0.15) is 53.4 Å². The van der Waals surface area contributed by atoms with E-state index in [0.29, 0.717) is 25.7 Å². The summed E-state index contributed by atoms with van der Waals surface area (Å²) in [5.41, 5.74) is 0. The zero-order chi connectivity index (χ0) is 13.1. The fourth-order valence-corrected chi connectivity index (χ4v) is 1.24. The summed E-state index contributed by atoms with van der Waals surface area (Å²) in [5.74, 6) is -2.32. The maximum absolute atomic E-state index is 10.1. The third-order valence-electron chi connectivity index (χ3n) is 2.64. The van der Waals surface area contributed by atoms with Gasteiger partial charge in [-0.2, -0.15) is 0 Å². The van der Waals surface area contributed by atoms with Crippen molar-refractivity contribution >= 4 is 35.8 Å². The van der Waals surface area contributed by atoms with Crippen LogP contribution < -0.4 is 10.2 Å². The molecule has 0 aliphatic rings. The van der Waals surface area contributed by atoms with Gasteiger partial charge < -0.3 is 19.8 Å². The summed E-state index contributed by atoms with van der Waals surface area (Å²) in [6, 6.07) is 0. The van der Waals surface area contributed by atoms with Crippen LogP contribution in [0.5, 0.6) is 0 Å². The maximum Gasteiger partial charge on any atom is 2.00 e. The molecule has 0 saturated carbocycles. The number of hydrogen-bond acceptors (Lipinski definition) is 4. The molecule has 0 atom stereocenters. The molecule has 4 nitrogen and oxygen atoms in total. The number of carbonyl (C=O) groups excluding carboxylic acids is 2. The SMILES string of the molecule is CCC(CC)C(=O)[O-].CCC(CC)C(=O)[O-].[Sn+2]. The van der Waals surface area contributed by atoms with Gasteiger partial charge in [-0.25, -0.2) is 0 Å². The molecule has 0 bridgehead atoms. The van der Waals surface area contributed by atoms with E-state index < -0.39 is 11.9 Å². The third kappa shape index (κ3) is 12.0. The van der Waals surface area contributed by atoms with Gasteiger partial charge in [0.25, 0.3) is 0 Å². The van der Waals surface area contributed by atoms with Crippen LogP contribution in [0.4, 0.5) is 0 Å². The minimum Gasteiger partial charge on any atom is -0.550 e. The molecule has 0 aliphatic carbocycles. The molecule has 0 unspecified atom stereocenters. The number of carbonyl (C=O) groups is 2. The smallest absolute Gasteiger partial charge is 0.550 e. The van der Waals surface area contributed by atoms with Crippen LogP contribution in [-0.4, -0.2) is 35.8 Å². The molecule has 5 heteroatoms. The van der Waals surface area contributed by atoms with Gasteiger partial charge in [-0.1, -0.05) is 27.7 Å². The Morgan fingerprint density at radius 1 is 0.765 bits per heavy atom. The predicted molar refractivity (Wildman–Crippen MR) is 63.9 cm³/mol. The van der Waals surface area contributed by atoms with Gasteiger partial charge in [0.05, 0.1) is 0 Å². The summed E-state index contributed by atoms with van der Waals surface area (Å²) in [6.45, 7) is 7.40. The van der Waals surface area contributed by atoms with Crippen LogP contribution in [0.2, 0.25) is 0 Å². The van der Waals surface area contributed by atoms with E-state index in [1.165, 1.54) is 0 Å². The first-order valence-electron chi connectivity index (χ1n) is 5.86. The molecule has 2 radical (unpaired) electrons. The number of carboxylic acid groups (broad SMARTS) is 2. The molecular formula is C12H22O4Sn. The molecule has 0 heterocycles. The summed E-state index contributed by atoms with van der Waals surface area (Å²) < 4.78 is 0. The monoisotopic (exact) mass is 350 g/mol. The topological polar surface area (TPSA) is 80.3 Å². The molecule has 0 aromatic rings. The second kappa shape index (κ2) is 13.8. The van der Waals surface area contributed by atoms with Crippen molar-refractivity contribution in [1.82, 2.24) is 0 Å². The predicted octanol–water partition coefficient (Wildman–Crippen LogP) is -0.0358. The van der Waals surface area contributed by atoms with Gasteiger partial charge in [0, 0.05) is 11.9 Å². The summed E-state index contributed by atoms with van der Waals surface area (Å²) in [6.07, 6.45) is 2.72. The molecule has 0 aromatic carbocycles. The van der Waals surface area contributed by atoms with Crippen molar-refractivity contribution in [3.8, 4) is 0 Å². The van der Waals surface area contributed by atoms with Crippen molar-refractivity contribution in [3.05, 3.63) is 0 Å². The van der Waals surface area contributed by atoms with Crippen LogP contribution in [-0.2, 0) is 9.59 Å². The first kappa shape index (κ1) is 22.0. The van der Waals surface area contributed by atoms with Crippen molar-refractivity contribution in [2.75, 3.05) is 0 Å². The van der Waals surface area contributed by atoms with Gasteiger partial charge in [-0.15, -0.1) is 0 Å². The van der Waals surface area contributed by atoms with Crippen molar-refractivity contribution in [2.45, 2.75) is 53.4 Å². The molecule has 0 saturated heterocycles. The molecule has 0 aromatic heterocycles. The minimum atomic E-state index is -0.921. The zero-order valence-electron chi connectivity index (χ0n) is 11.1. The Labute approximate surface area is 121 Å². The minimum absolute atomic E-state index is 0. The third-order valence-corrected chi connectivity index (χ3v) is 2.64. The number of carboxylic acids is 2. The van der Waals surface area contributed by atoms with Crippen LogP contribution in [0, 0.1) is 11.8 Å². The van der Waals surface area contributed by atoms with Gasteiger partial charge in [0.15, 0.2) is 0 Å². The van der Waals surface area contributed by atoms with Crippen LogP contribution in [0.15, 0.2) is 0 Å². The largest absolute Gasteiger partial charge is 2.00 e. The van der Waals surface area contributed by atoms with Crippen LogP contribution >= 0.6 is 0 Å². The van der Waals surface area contributed by atoms with E-state index >= 15 is 0 Å². The maximum atomic E-state index is 10.1. The van der Waals surface area contributed by atoms with E-state index in [4.69, 9.17) is 0 Å². The molecule has 0 aliphatic heterocycles. The summed E-state index contributed by atoms with van der Waals surface area (Å²) in [4.78, 5) is 20.1. The summed E-state index contributed by atoms with van der Waals surface area (Å²) in [7, 11) is 0. The van der Waals surface area contributed by atoms with E-state index in [9.17, 15) is 19.8 Å². The first-order valence-corrected chi connectivity index (χ1v) is 5.86. The molecule has 0 amide bonds. The van der Waals surface area contributed by atoms with E-state index in [-0.39, 0.29) is 35.7 Å². The van der Waals surface area contributed by atoms with Crippen molar-refractivity contribution in [2.24, 2.45) is 11.8 Å². The Morgan fingerprint density at radius 3 is 0.941 bits per heavy atom. The van der Waals surface area contributed by atoms with Crippen molar-refractivity contribution in [3.63, 3.8) is 0 Å². The fraction of sp³-hybridized carbons (Fsp3) is 0.833. The quantitative estimate of drug-likeness (QED) is 0.631. The Morgan fingerprint density at radius 2 is 0.941 bits per heavy atom. The molecule has 0 fully saturated rings. The Kier molecular flexibility index (Phi) is 17.8. The average molecular weight is 349 g/mol. The fourth-order valence-electron chi connectivity index (χ4n) is 1.24. The van der Waals surface area contributed by atoms with Gasteiger partial charge in [0.1, 0.15) is 0 Å². The Hall–Kier alpha value is -0.261. The molecule has 98 valence electrons. The number of rotatable bonds is 6. The van der Waals surface area contributed by atoms with E-state index in [2.05, 4.69) is 0 Å². The van der Waals surface area contributed by atoms with E-state index in [0.717, 1.165) is 0 Å². The second-order valence-electron chi connectivity index (χ2n) is 3.66. The number of hydrogen-bond donors (Lipinski definition) is 0. The second-order valence-corrected chi connectivity index (χ2v) is 3.66. The van der Waals surface area contributed by atoms with Gasteiger partial charge in [-0.05, 0) is 37.5 Å². The Bertz CT molecular complexity index is 177. The average Bonchev–Trinajstić information content (AvgIpc) is 2.21. The summed E-state index contributed by atoms with van der Waals surface area (Å²) >= 11 is 0. The normalized spacial score (nSPS) is 9.29. The zero-order valence-corrected chi connectivity index (χ0v) is 14.0. The summed E-state index contributed by atoms with van der Waals surface area (Å²) in [5, 5.41) is 20.1.